The Morgan fingerprint density at radius 3 is 1.24 bits per heavy atom. The largest absolute Gasteiger partial charge is 0.508 e. The number of carboxylic acids is 1. The number of aromatic hydroxyl groups is 4. The Kier molecular flexibility index (Phi) is 40.8. The zero-order valence-electron chi connectivity index (χ0n) is 72.5. The van der Waals surface area contributed by atoms with E-state index in [0.717, 1.165) is 11.8 Å². The Hall–Kier alpha value is -14.9. The maximum Gasteiger partial charge on any atom is 0.303 e. The molecule has 2 aromatic heterocycles. The molecule has 45 nitrogen and oxygen atoms in total. The first kappa shape index (κ1) is 103. The number of imidazole rings is 2. The van der Waals surface area contributed by atoms with Gasteiger partial charge in [-0.15, -0.1) is 11.8 Å². The fourth-order valence-electron chi connectivity index (χ4n) is 13.3. The summed E-state index contributed by atoms with van der Waals surface area (Å²) < 4.78 is 0. The minimum atomic E-state index is -1.72. The van der Waals surface area contributed by atoms with Crippen molar-refractivity contribution in [2.75, 3.05) is 37.7 Å². The van der Waals surface area contributed by atoms with Crippen LogP contribution in [-0.2, 0) is 120 Å². The van der Waals surface area contributed by atoms with Crippen LogP contribution < -0.4 is 96.5 Å². The molecule has 0 radical (unpaired) electrons. The molecule has 46 heteroatoms. The van der Waals surface area contributed by atoms with Gasteiger partial charge >= 0.3 is 5.97 Å². The summed E-state index contributed by atoms with van der Waals surface area (Å²) in [4.78, 5) is 256. The summed E-state index contributed by atoms with van der Waals surface area (Å²) in [5.74, 6) is -21.0. The highest BCUT2D eigenvalue weighted by Gasteiger charge is 2.39. The standard InChI is InChI=1S/C85H113N23O22S/c1-6-45(4)72-84(130)97-46(5)73(119)102-60(29-47-9-17-53(109)18-10-47)75(121)94-38-68(114)98-58(25-26-71(117)118)77(123)103-59(28-44(2)3)74(120)93-39-69(115)100-66(76(122)92-37-67(86)113)40-131-41-70(116)99-61(30-48-11-19-54(110)20-12-48)79(125)106-65(34-52-36-90-43-96-52)83(129)107-64(33-51-35-89-42-95-51)82(128)105-63(32-50-15-23-56(112)24-16-50)81(127)104-62(31-49-13-21-55(111)22-14-49)80(126)101-57(78(124)108-72)8-7-27-91-85(87)88/h9-24,35-36,42-46,57-66,72,109-112H,6-8,25-34,37-41H2,1-5H3,(H2,86,113)(H,89,95)(H,90,96)(H,92,122)(H,93,120)(H,94,121)(H,97,130)(H,98,114)(H,99,116)(H,100,115)(H,101,126)(H,102,119)(H,103,123)(H,104,127)(H,105,128)(H,106,125)(H,107,129)(H,108,124)(H,117,118)(H4,87,88,91)/t45-,46-,57-,58-,59-,60-,61-,62-,63-,64-,65-,66-,72-/m0/s1. The summed E-state index contributed by atoms with van der Waals surface area (Å²) in [6.45, 7) is 5.26. The number of carboxylic acid groups (broad SMARTS) is 1. The lowest BCUT2D eigenvalue weighted by Gasteiger charge is -2.29. The number of H-pyrrole nitrogens is 2. The summed E-state index contributed by atoms with van der Waals surface area (Å²) in [5.41, 5.74) is 12.7. The molecule has 4 aromatic carbocycles. The highest BCUT2D eigenvalue weighted by molar-refractivity contribution is 8.00. The molecule has 706 valence electrons. The van der Waals surface area contributed by atoms with Crippen molar-refractivity contribution in [2.45, 2.75) is 184 Å². The third kappa shape index (κ3) is 36.1. The smallest absolute Gasteiger partial charge is 0.303 e. The van der Waals surface area contributed by atoms with Gasteiger partial charge in [-0.2, -0.15) is 0 Å². The fourth-order valence-corrected chi connectivity index (χ4v) is 14.2. The van der Waals surface area contributed by atoms with E-state index in [1.807, 2.05) is 0 Å². The van der Waals surface area contributed by atoms with Gasteiger partial charge in [0.15, 0.2) is 5.96 Å². The van der Waals surface area contributed by atoms with Crippen molar-refractivity contribution in [3.63, 3.8) is 0 Å². The van der Waals surface area contributed by atoms with Gasteiger partial charge in [0.1, 0.15) is 95.5 Å². The zero-order valence-corrected chi connectivity index (χ0v) is 73.3. The predicted octanol–water partition coefficient (Wildman–Crippen LogP) is -4.65. The molecule has 28 N–H and O–H groups in total. The van der Waals surface area contributed by atoms with Crippen molar-refractivity contribution in [1.29, 1.82) is 5.41 Å². The van der Waals surface area contributed by atoms with E-state index in [9.17, 15) is 83.1 Å². The van der Waals surface area contributed by atoms with E-state index in [0.29, 0.717) is 22.3 Å². The second kappa shape index (κ2) is 51.8. The number of carbonyl (C=O) groups excluding carboxylic acids is 16. The molecule has 1 saturated heterocycles. The molecule has 16 amide bonds. The highest BCUT2D eigenvalue weighted by atomic mass is 32.2. The molecular formula is C85H113N23O22S. The number of phenolic OH excluding ortho intramolecular Hbond substituents is 4. The molecule has 0 bridgehead atoms. The maximum atomic E-state index is 15.4. The number of nitrogens with zero attached hydrogens (tertiary/aromatic N) is 2. The van der Waals surface area contributed by atoms with Crippen LogP contribution in [0.3, 0.4) is 0 Å². The first-order chi connectivity index (χ1) is 62.3. The van der Waals surface area contributed by atoms with Crippen LogP contribution >= 0.6 is 11.8 Å². The maximum absolute atomic E-state index is 15.4. The van der Waals surface area contributed by atoms with Gasteiger partial charge in [-0.05, 0) is 115 Å². The highest BCUT2D eigenvalue weighted by Crippen LogP contribution is 2.20. The Bertz CT molecular complexity index is 4940. The fraction of sp³-hybridized carbons (Fsp3) is 0.435. The second-order valence-corrected chi connectivity index (χ2v) is 32.6. The number of aromatic amines is 2. The zero-order chi connectivity index (χ0) is 96.0. The molecule has 3 heterocycles. The Labute approximate surface area is 756 Å². The topological polar surface area (TPSA) is 717 Å². The molecule has 131 heavy (non-hydrogen) atoms. The number of aromatic nitrogens is 4. The summed E-state index contributed by atoms with van der Waals surface area (Å²) in [6, 6.07) is 2.35. The van der Waals surface area contributed by atoms with Crippen molar-refractivity contribution in [3.8, 4) is 23.0 Å². The number of amides is 16. The minimum absolute atomic E-state index is 0.00290. The average Bonchev–Trinajstić information content (AvgIpc) is 1.61. The van der Waals surface area contributed by atoms with Crippen molar-refractivity contribution >= 4 is 118 Å². The van der Waals surface area contributed by atoms with Gasteiger partial charge in [0.25, 0.3) is 0 Å². The quantitative estimate of drug-likeness (QED) is 0.0138. The number of aliphatic carboxylic acids is 1. The van der Waals surface area contributed by atoms with Crippen LogP contribution in [0, 0.1) is 17.2 Å². The number of hydrogen-bond acceptors (Lipinski definition) is 25. The molecule has 0 spiro atoms. The second-order valence-electron chi connectivity index (χ2n) is 31.6. The van der Waals surface area contributed by atoms with Crippen molar-refractivity contribution in [3.05, 3.63) is 156 Å². The van der Waals surface area contributed by atoms with Gasteiger partial charge in [-0.1, -0.05) is 82.6 Å². The van der Waals surface area contributed by atoms with Gasteiger partial charge in [0.2, 0.25) is 94.5 Å². The number of nitrogens with two attached hydrogens (primary N) is 2. The first-order valence-electron chi connectivity index (χ1n) is 42.0. The van der Waals surface area contributed by atoms with E-state index in [4.69, 9.17) is 16.9 Å². The first-order valence-corrected chi connectivity index (χ1v) is 43.1. The summed E-state index contributed by atoms with van der Waals surface area (Å²) in [7, 11) is 0. The van der Waals surface area contributed by atoms with Gasteiger partial charge in [-0.25, -0.2) is 9.97 Å². The Morgan fingerprint density at radius 1 is 0.458 bits per heavy atom. The SMILES string of the molecule is CC[C@H](C)[C@@H]1NC(=O)[C@H](CCCNC(=N)N)NC(=O)[C@H](Cc2ccc(O)cc2)NC(=O)[C@H](Cc2ccc(O)cc2)NC(=O)[C@H](Cc2c[nH]cn2)NC(=O)[C@H](Cc2c[nH]cn2)NC(=O)[C@H](Cc2ccc(O)cc2)NC(=O)CSC[C@@H](C(=O)NCC(N)=O)NC(=O)CNC(=O)[C@H](CC(C)C)NC(=O)[C@H](CCC(=O)O)NC(=O)CNC(=O)[C@H](Cc2ccc(O)cc2)NC(=O)[C@H](C)NC1=O. The van der Waals surface area contributed by atoms with E-state index in [2.05, 4.69) is 105 Å². The van der Waals surface area contributed by atoms with Crippen LogP contribution in [-0.4, -0.2) is 262 Å². The predicted molar refractivity (Wildman–Crippen MR) is 471 cm³/mol. The van der Waals surface area contributed by atoms with Gasteiger partial charge in [0, 0.05) is 69.6 Å². The normalized spacial score (nSPS) is 22.3. The number of guanidine groups is 1. The Morgan fingerprint density at radius 2 is 0.832 bits per heavy atom. The molecule has 7 rings (SSSR count). The molecule has 1 aliphatic heterocycles. The average molecular weight is 1840 g/mol. The molecule has 0 unspecified atom stereocenters. The number of benzene rings is 4. The van der Waals surface area contributed by atoms with Crippen LogP contribution in [0.5, 0.6) is 23.0 Å². The Balaban J connectivity index is 1.29. The lowest BCUT2D eigenvalue weighted by molar-refractivity contribution is -0.138. The van der Waals surface area contributed by atoms with Gasteiger partial charge in [0.05, 0.1) is 49.4 Å². The molecule has 0 aliphatic carbocycles. The van der Waals surface area contributed by atoms with Crippen LogP contribution in [0.15, 0.2) is 122 Å². The van der Waals surface area contributed by atoms with Crippen LogP contribution in [0.1, 0.15) is 107 Å². The number of phenols is 4. The summed E-state index contributed by atoms with van der Waals surface area (Å²) in [6.07, 6.45) is 1.62. The van der Waals surface area contributed by atoms with E-state index in [-0.39, 0.29) is 91.8 Å². The number of hydrogen-bond donors (Lipinski definition) is 26. The lowest BCUT2D eigenvalue weighted by atomic mass is 9.97. The minimum Gasteiger partial charge on any atom is -0.508 e. The van der Waals surface area contributed by atoms with Crippen molar-refractivity contribution in [2.24, 2.45) is 23.3 Å². The number of thioether (sulfide) groups is 1. The number of rotatable bonds is 26. The van der Waals surface area contributed by atoms with E-state index in [1.54, 1.807) is 27.7 Å². The lowest BCUT2D eigenvalue weighted by Crippen LogP contribution is -2.61. The van der Waals surface area contributed by atoms with Crippen LogP contribution in [0.2, 0.25) is 0 Å². The van der Waals surface area contributed by atoms with Gasteiger partial charge < -0.3 is 132 Å². The monoisotopic (exact) mass is 1840 g/mol. The summed E-state index contributed by atoms with van der Waals surface area (Å²) >= 11 is 0.726. The van der Waals surface area contributed by atoms with E-state index in [1.165, 1.54) is 129 Å². The van der Waals surface area contributed by atoms with Crippen LogP contribution in [0.4, 0.5) is 0 Å². The van der Waals surface area contributed by atoms with E-state index < -0.39 is 248 Å². The summed E-state index contributed by atoms with van der Waals surface area (Å²) in [5, 5.41) is 99.3. The van der Waals surface area contributed by atoms with Gasteiger partial charge in [-0.3, -0.25) is 86.9 Å². The molecule has 1 aliphatic rings. The molecule has 6 aromatic rings. The van der Waals surface area contributed by atoms with Crippen LogP contribution in [0.25, 0.3) is 0 Å². The number of primary amides is 1. The molecule has 13 atom stereocenters. The van der Waals surface area contributed by atoms with Crippen molar-refractivity contribution < 1.29 is 107 Å². The third-order valence-corrected chi connectivity index (χ3v) is 21.5. The van der Waals surface area contributed by atoms with Crippen molar-refractivity contribution in [1.82, 2.24) is 105 Å². The molecular weight excluding hydrogens is 1730 g/mol. The molecule has 1 fully saturated rings. The molecule has 0 saturated carbocycles. The van der Waals surface area contributed by atoms with E-state index >= 15 is 24.0 Å². The third-order valence-electron chi connectivity index (χ3n) is 20.5. The number of carbonyl (C=O) groups is 17. The number of nitrogens with one attached hydrogen (secondary N) is 19.